The molecule has 138 valence electrons. The number of aromatic nitrogens is 2. The van der Waals surface area contributed by atoms with Crippen LogP contribution in [0.2, 0.25) is 0 Å². The maximum absolute atomic E-state index is 13.2. The van der Waals surface area contributed by atoms with Gasteiger partial charge in [0.05, 0.1) is 4.90 Å². The molecule has 0 bridgehead atoms. The Morgan fingerprint density at radius 1 is 1.15 bits per heavy atom. The van der Waals surface area contributed by atoms with Crippen molar-refractivity contribution in [3.8, 4) is 11.4 Å². The zero-order chi connectivity index (χ0) is 18.9. The van der Waals surface area contributed by atoms with Gasteiger partial charge in [-0.05, 0) is 36.5 Å². The van der Waals surface area contributed by atoms with Gasteiger partial charge in [0.25, 0.3) is 0 Å². The lowest BCUT2D eigenvalue weighted by atomic mass is 9.90. The highest BCUT2D eigenvalue weighted by molar-refractivity contribution is 7.93. The standard InChI is InChI=1S/C20H24N2O2S2/c1-20(2,3)11-10-15-14-17(18-21-12-13-22(18)4)19(25-15)26(23,24)16-8-6-5-7-9-16/h5-9,12-14H,10-11H2,1-4H3. The minimum atomic E-state index is -3.58. The molecule has 3 aromatic rings. The lowest BCUT2D eigenvalue weighted by Crippen LogP contribution is -2.05. The second kappa shape index (κ2) is 7.00. The van der Waals surface area contributed by atoms with E-state index in [1.807, 2.05) is 29.9 Å². The molecular weight excluding hydrogens is 364 g/mol. The van der Waals surface area contributed by atoms with E-state index in [4.69, 9.17) is 0 Å². The number of aryl methyl sites for hydroxylation is 2. The molecule has 0 aliphatic heterocycles. The van der Waals surface area contributed by atoms with Crippen LogP contribution in [0.5, 0.6) is 0 Å². The molecule has 2 heterocycles. The average Bonchev–Trinajstić information content (AvgIpc) is 3.19. The number of thiophene rings is 1. The lowest BCUT2D eigenvalue weighted by molar-refractivity contribution is 0.379. The first-order valence-corrected chi connectivity index (χ1v) is 10.9. The summed E-state index contributed by atoms with van der Waals surface area (Å²) in [6, 6.07) is 10.6. The van der Waals surface area contributed by atoms with Gasteiger partial charge >= 0.3 is 0 Å². The Kier molecular flexibility index (Phi) is 5.08. The Morgan fingerprint density at radius 3 is 2.42 bits per heavy atom. The maximum Gasteiger partial charge on any atom is 0.216 e. The Bertz CT molecular complexity index is 994. The van der Waals surface area contributed by atoms with Crippen molar-refractivity contribution < 1.29 is 8.42 Å². The van der Waals surface area contributed by atoms with Gasteiger partial charge in [-0.15, -0.1) is 11.3 Å². The van der Waals surface area contributed by atoms with Gasteiger partial charge in [-0.1, -0.05) is 39.0 Å². The summed E-state index contributed by atoms with van der Waals surface area (Å²) in [6.45, 7) is 6.59. The SMILES string of the molecule is Cn1ccnc1-c1cc(CCC(C)(C)C)sc1S(=O)(=O)c1ccccc1. The van der Waals surface area contributed by atoms with Gasteiger partial charge in [0.15, 0.2) is 0 Å². The topological polar surface area (TPSA) is 52.0 Å². The van der Waals surface area contributed by atoms with Crippen molar-refractivity contribution in [3.05, 3.63) is 53.7 Å². The monoisotopic (exact) mass is 388 g/mol. The van der Waals surface area contributed by atoms with Crippen molar-refractivity contribution in [1.29, 1.82) is 0 Å². The van der Waals surface area contributed by atoms with Crippen LogP contribution in [0.15, 0.2) is 57.9 Å². The lowest BCUT2D eigenvalue weighted by Gasteiger charge is -2.16. The van der Waals surface area contributed by atoms with Crippen LogP contribution in [0.25, 0.3) is 11.4 Å². The van der Waals surface area contributed by atoms with E-state index >= 15 is 0 Å². The molecule has 0 aliphatic carbocycles. The molecular formula is C20H24N2O2S2. The maximum atomic E-state index is 13.2. The van der Waals surface area contributed by atoms with Gasteiger partial charge in [0, 0.05) is 29.9 Å². The normalized spacial score (nSPS) is 12.5. The van der Waals surface area contributed by atoms with Crippen molar-refractivity contribution >= 4 is 21.2 Å². The van der Waals surface area contributed by atoms with E-state index in [-0.39, 0.29) is 5.41 Å². The van der Waals surface area contributed by atoms with E-state index in [1.165, 1.54) is 11.3 Å². The quantitative estimate of drug-likeness (QED) is 0.621. The van der Waals surface area contributed by atoms with Crippen LogP contribution in [0.3, 0.4) is 0 Å². The van der Waals surface area contributed by atoms with E-state index in [1.54, 1.807) is 30.5 Å². The van der Waals surface area contributed by atoms with Crippen molar-refractivity contribution in [2.45, 2.75) is 42.7 Å². The molecule has 4 nitrogen and oxygen atoms in total. The zero-order valence-corrected chi connectivity index (χ0v) is 17.2. The number of hydrogen-bond donors (Lipinski definition) is 0. The summed E-state index contributed by atoms with van der Waals surface area (Å²) in [5.74, 6) is 0.678. The summed E-state index contributed by atoms with van der Waals surface area (Å²) < 4.78 is 28.7. The fourth-order valence-electron chi connectivity index (χ4n) is 2.73. The first-order chi connectivity index (χ1) is 12.2. The molecule has 26 heavy (non-hydrogen) atoms. The first-order valence-electron chi connectivity index (χ1n) is 8.59. The molecule has 0 saturated heterocycles. The molecule has 2 aromatic heterocycles. The van der Waals surface area contributed by atoms with Crippen LogP contribution in [-0.4, -0.2) is 18.0 Å². The van der Waals surface area contributed by atoms with Gasteiger partial charge < -0.3 is 4.57 Å². The van der Waals surface area contributed by atoms with Gasteiger partial charge in [-0.25, -0.2) is 13.4 Å². The molecule has 0 aliphatic rings. The number of imidazole rings is 1. The highest BCUT2D eigenvalue weighted by Crippen LogP contribution is 2.38. The minimum Gasteiger partial charge on any atom is -0.334 e. The summed E-state index contributed by atoms with van der Waals surface area (Å²) in [5.41, 5.74) is 0.890. The Balaban J connectivity index is 2.11. The first kappa shape index (κ1) is 18.9. The number of hydrogen-bond acceptors (Lipinski definition) is 4. The predicted molar refractivity (Wildman–Crippen MR) is 106 cm³/mol. The fourth-order valence-corrected chi connectivity index (χ4v) is 5.83. The third kappa shape index (κ3) is 3.91. The van der Waals surface area contributed by atoms with Crippen molar-refractivity contribution in [2.24, 2.45) is 12.5 Å². The van der Waals surface area contributed by atoms with E-state index in [0.717, 1.165) is 17.7 Å². The van der Waals surface area contributed by atoms with Crippen LogP contribution in [0.1, 0.15) is 32.1 Å². The number of nitrogens with zero attached hydrogens (tertiary/aromatic N) is 2. The fraction of sp³-hybridized carbons (Fsp3) is 0.350. The molecule has 0 N–H and O–H groups in total. The van der Waals surface area contributed by atoms with Gasteiger partial charge in [0.1, 0.15) is 10.0 Å². The molecule has 0 amide bonds. The van der Waals surface area contributed by atoms with Crippen LogP contribution in [0.4, 0.5) is 0 Å². The second-order valence-corrected chi connectivity index (χ2v) is 10.9. The molecule has 0 saturated carbocycles. The van der Waals surface area contributed by atoms with Crippen LogP contribution in [0, 0.1) is 5.41 Å². The van der Waals surface area contributed by atoms with Crippen LogP contribution in [-0.2, 0) is 23.3 Å². The molecule has 3 rings (SSSR count). The summed E-state index contributed by atoms with van der Waals surface area (Å²) in [5, 5.41) is 0. The van der Waals surface area contributed by atoms with E-state index in [2.05, 4.69) is 25.8 Å². The Labute approximate surface area is 159 Å². The second-order valence-electron chi connectivity index (χ2n) is 7.65. The minimum absolute atomic E-state index is 0.200. The highest BCUT2D eigenvalue weighted by Gasteiger charge is 2.27. The largest absolute Gasteiger partial charge is 0.334 e. The van der Waals surface area contributed by atoms with E-state index < -0.39 is 9.84 Å². The molecule has 6 heteroatoms. The van der Waals surface area contributed by atoms with E-state index in [0.29, 0.717) is 20.5 Å². The molecule has 0 unspecified atom stereocenters. The molecule has 0 fully saturated rings. The number of rotatable bonds is 5. The summed E-state index contributed by atoms with van der Waals surface area (Å²) in [7, 11) is -1.70. The Morgan fingerprint density at radius 2 is 1.85 bits per heavy atom. The highest BCUT2D eigenvalue weighted by atomic mass is 32.2. The smallest absolute Gasteiger partial charge is 0.216 e. The Hall–Kier alpha value is -1.92. The average molecular weight is 389 g/mol. The summed E-state index contributed by atoms with van der Waals surface area (Å²) >= 11 is 1.37. The van der Waals surface area contributed by atoms with E-state index in [9.17, 15) is 8.42 Å². The molecule has 0 radical (unpaired) electrons. The van der Waals surface area contributed by atoms with Crippen molar-refractivity contribution in [1.82, 2.24) is 9.55 Å². The van der Waals surface area contributed by atoms with Crippen LogP contribution < -0.4 is 0 Å². The van der Waals surface area contributed by atoms with Crippen molar-refractivity contribution in [3.63, 3.8) is 0 Å². The number of benzene rings is 1. The molecule has 1 aromatic carbocycles. The summed E-state index contributed by atoms with van der Waals surface area (Å²) in [4.78, 5) is 5.78. The molecule has 0 spiro atoms. The van der Waals surface area contributed by atoms with Gasteiger partial charge in [-0.2, -0.15) is 0 Å². The number of sulfone groups is 1. The van der Waals surface area contributed by atoms with Crippen LogP contribution >= 0.6 is 11.3 Å². The van der Waals surface area contributed by atoms with Gasteiger partial charge in [0.2, 0.25) is 9.84 Å². The van der Waals surface area contributed by atoms with Crippen molar-refractivity contribution in [2.75, 3.05) is 0 Å². The summed E-state index contributed by atoms with van der Waals surface area (Å²) in [6.07, 6.45) is 5.38. The molecule has 0 atom stereocenters. The third-order valence-electron chi connectivity index (χ3n) is 4.23. The predicted octanol–water partition coefficient (Wildman–Crippen LogP) is 4.96. The zero-order valence-electron chi connectivity index (χ0n) is 15.6. The van der Waals surface area contributed by atoms with Gasteiger partial charge in [-0.3, -0.25) is 0 Å². The third-order valence-corrected chi connectivity index (χ3v) is 7.73.